The van der Waals surface area contributed by atoms with Crippen molar-refractivity contribution in [1.29, 1.82) is 0 Å². The Hall–Kier alpha value is -1.39. The third kappa shape index (κ3) is 3.87. The molecule has 0 radical (unpaired) electrons. The Kier molecular flexibility index (Phi) is 5.11. The van der Waals surface area contributed by atoms with Crippen molar-refractivity contribution in [2.45, 2.75) is 50.6 Å². The molecule has 1 atom stereocenters. The first kappa shape index (κ1) is 15.5. The Labute approximate surface area is 133 Å². The number of amides is 1. The van der Waals surface area contributed by atoms with Gasteiger partial charge < -0.3 is 11.1 Å². The second kappa shape index (κ2) is 7.25. The monoisotopic (exact) mass is 301 g/mol. The molecule has 0 aromatic heterocycles. The maximum Gasteiger partial charge on any atom is 0.231 e. The molecule has 2 aliphatic rings. The zero-order valence-electron chi connectivity index (χ0n) is 13.3. The molecule has 1 saturated heterocycles. The molecule has 3 rings (SSSR count). The van der Waals surface area contributed by atoms with Crippen LogP contribution in [0.3, 0.4) is 0 Å². The van der Waals surface area contributed by atoms with Gasteiger partial charge in [-0.05, 0) is 43.2 Å². The van der Waals surface area contributed by atoms with Crippen LogP contribution in [0.1, 0.15) is 49.3 Å². The third-order valence-corrected chi connectivity index (χ3v) is 5.02. The van der Waals surface area contributed by atoms with E-state index in [9.17, 15) is 4.79 Å². The van der Waals surface area contributed by atoms with Crippen LogP contribution >= 0.6 is 0 Å². The molecule has 4 nitrogen and oxygen atoms in total. The number of primary amides is 1. The Morgan fingerprint density at radius 1 is 1.18 bits per heavy atom. The van der Waals surface area contributed by atoms with E-state index in [2.05, 4.69) is 34.5 Å². The lowest BCUT2D eigenvalue weighted by molar-refractivity contribution is -0.119. The lowest BCUT2D eigenvalue weighted by Crippen LogP contribution is -2.46. The molecule has 120 valence electrons. The number of rotatable bonds is 4. The summed E-state index contributed by atoms with van der Waals surface area (Å²) in [6.45, 7) is 2.34. The fourth-order valence-electron chi connectivity index (χ4n) is 3.86. The van der Waals surface area contributed by atoms with E-state index in [0.29, 0.717) is 18.6 Å². The van der Waals surface area contributed by atoms with Gasteiger partial charge in [0.15, 0.2) is 0 Å². The summed E-state index contributed by atoms with van der Waals surface area (Å²) in [5.41, 5.74) is 8.30. The van der Waals surface area contributed by atoms with E-state index in [-0.39, 0.29) is 5.91 Å². The summed E-state index contributed by atoms with van der Waals surface area (Å²) in [6, 6.07) is 9.94. The van der Waals surface area contributed by atoms with Gasteiger partial charge in [-0.25, -0.2) is 0 Å². The standard InChI is InChI=1S/C18H27N3O/c19-18(22)13-21-11-9-15(10-12-21)20-17-8-4-2-6-14-5-1-3-7-16(14)17/h1,3,5,7,15,17,20H,2,4,6,8-13H2,(H2,19,22). The van der Waals surface area contributed by atoms with Gasteiger partial charge in [-0.2, -0.15) is 0 Å². The molecule has 1 heterocycles. The number of nitrogens with one attached hydrogen (secondary N) is 1. The van der Waals surface area contributed by atoms with E-state index in [1.165, 1.54) is 36.8 Å². The Morgan fingerprint density at radius 2 is 1.95 bits per heavy atom. The number of carbonyl (C=O) groups is 1. The second-order valence-electron chi connectivity index (χ2n) is 6.68. The average Bonchev–Trinajstić information content (AvgIpc) is 2.71. The second-order valence-corrected chi connectivity index (χ2v) is 6.68. The van der Waals surface area contributed by atoms with Crippen molar-refractivity contribution in [3.63, 3.8) is 0 Å². The first-order valence-corrected chi connectivity index (χ1v) is 8.57. The van der Waals surface area contributed by atoms with E-state index in [1.807, 2.05) is 0 Å². The summed E-state index contributed by atoms with van der Waals surface area (Å²) in [4.78, 5) is 13.2. The minimum Gasteiger partial charge on any atom is -0.369 e. The summed E-state index contributed by atoms with van der Waals surface area (Å²) < 4.78 is 0. The highest BCUT2D eigenvalue weighted by Crippen LogP contribution is 2.29. The van der Waals surface area contributed by atoms with Gasteiger partial charge in [0, 0.05) is 25.2 Å². The lowest BCUT2D eigenvalue weighted by atomic mass is 9.96. The number of aryl methyl sites for hydroxylation is 1. The van der Waals surface area contributed by atoms with Crippen LogP contribution in [-0.4, -0.2) is 36.5 Å². The molecule has 0 bridgehead atoms. The van der Waals surface area contributed by atoms with Gasteiger partial charge in [0.25, 0.3) is 0 Å². The van der Waals surface area contributed by atoms with Gasteiger partial charge >= 0.3 is 0 Å². The molecule has 0 spiro atoms. The number of nitrogens with zero attached hydrogens (tertiary/aromatic N) is 1. The number of carbonyl (C=O) groups excluding carboxylic acids is 1. The van der Waals surface area contributed by atoms with Crippen LogP contribution in [0.4, 0.5) is 0 Å². The van der Waals surface area contributed by atoms with E-state index in [0.717, 1.165) is 25.9 Å². The van der Waals surface area contributed by atoms with Crippen LogP contribution in [-0.2, 0) is 11.2 Å². The summed E-state index contributed by atoms with van der Waals surface area (Å²) in [5, 5.41) is 3.89. The first-order chi connectivity index (χ1) is 10.7. The fourth-order valence-corrected chi connectivity index (χ4v) is 3.86. The molecule has 4 heteroatoms. The molecular weight excluding hydrogens is 274 g/mol. The van der Waals surface area contributed by atoms with Crippen molar-refractivity contribution in [2.75, 3.05) is 19.6 Å². The van der Waals surface area contributed by atoms with Crippen LogP contribution in [0.5, 0.6) is 0 Å². The van der Waals surface area contributed by atoms with Crippen LogP contribution in [0.2, 0.25) is 0 Å². The predicted molar refractivity (Wildman–Crippen MR) is 88.5 cm³/mol. The number of piperidine rings is 1. The van der Waals surface area contributed by atoms with Crippen LogP contribution in [0.25, 0.3) is 0 Å². The molecule has 1 aliphatic heterocycles. The molecule has 1 aromatic carbocycles. The van der Waals surface area contributed by atoms with Crippen LogP contribution < -0.4 is 11.1 Å². The van der Waals surface area contributed by atoms with Crippen molar-refractivity contribution < 1.29 is 4.79 Å². The average molecular weight is 301 g/mol. The van der Waals surface area contributed by atoms with Crippen molar-refractivity contribution >= 4 is 5.91 Å². The zero-order chi connectivity index (χ0) is 15.4. The van der Waals surface area contributed by atoms with Crippen LogP contribution in [0.15, 0.2) is 24.3 Å². The predicted octanol–water partition coefficient (Wildman–Crippen LogP) is 1.99. The molecular formula is C18H27N3O. The van der Waals surface area contributed by atoms with Crippen molar-refractivity contribution in [3.05, 3.63) is 35.4 Å². The molecule has 1 fully saturated rings. The number of hydrogen-bond donors (Lipinski definition) is 2. The molecule has 22 heavy (non-hydrogen) atoms. The zero-order valence-corrected chi connectivity index (χ0v) is 13.3. The molecule has 0 saturated carbocycles. The van der Waals surface area contributed by atoms with E-state index >= 15 is 0 Å². The Balaban J connectivity index is 1.59. The summed E-state index contributed by atoms with van der Waals surface area (Å²) in [5.74, 6) is -0.218. The highest BCUT2D eigenvalue weighted by molar-refractivity contribution is 5.75. The van der Waals surface area contributed by atoms with E-state index < -0.39 is 0 Å². The smallest absolute Gasteiger partial charge is 0.231 e. The fraction of sp³-hybridized carbons (Fsp3) is 0.611. The summed E-state index contributed by atoms with van der Waals surface area (Å²) in [6.07, 6.45) is 7.25. The maximum absolute atomic E-state index is 11.0. The van der Waals surface area contributed by atoms with E-state index in [4.69, 9.17) is 5.73 Å². The van der Waals surface area contributed by atoms with Gasteiger partial charge in [0.1, 0.15) is 0 Å². The first-order valence-electron chi connectivity index (χ1n) is 8.57. The molecule has 1 aromatic rings. The lowest BCUT2D eigenvalue weighted by Gasteiger charge is -2.34. The molecule has 1 unspecified atom stereocenters. The SMILES string of the molecule is NC(=O)CN1CCC(NC2CCCCc3ccccc32)CC1. The van der Waals surface area contributed by atoms with Crippen molar-refractivity contribution in [2.24, 2.45) is 5.73 Å². The van der Waals surface area contributed by atoms with E-state index in [1.54, 1.807) is 0 Å². The van der Waals surface area contributed by atoms with Gasteiger partial charge in [-0.3, -0.25) is 9.69 Å². The number of fused-ring (bicyclic) bond motifs is 1. The van der Waals surface area contributed by atoms with Gasteiger partial charge in [0.2, 0.25) is 5.91 Å². The number of nitrogens with two attached hydrogens (primary N) is 1. The van der Waals surface area contributed by atoms with Gasteiger partial charge in [0.05, 0.1) is 6.54 Å². The summed E-state index contributed by atoms with van der Waals surface area (Å²) >= 11 is 0. The molecule has 1 aliphatic carbocycles. The number of likely N-dealkylation sites (tertiary alicyclic amines) is 1. The van der Waals surface area contributed by atoms with Crippen molar-refractivity contribution in [3.8, 4) is 0 Å². The van der Waals surface area contributed by atoms with Crippen LogP contribution in [0, 0.1) is 0 Å². The number of benzene rings is 1. The summed E-state index contributed by atoms with van der Waals surface area (Å²) in [7, 11) is 0. The topological polar surface area (TPSA) is 58.4 Å². The normalized spacial score (nSPS) is 23.7. The van der Waals surface area contributed by atoms with Gasteiger partial charge in [-0.15, -0.1) is 0 Å². The number of hydrogen-bond acceptors (Lipinski definition) is 3. The Morgan fingerprint density at radius 3 is 2.73 bits per heavy atom. The molecule has 1 amide bonds. The maximum atomic E-state index is 11.0. The quantitative estimate of drug-likeness (QED) is 0.836. The molecule has 3 N–H and O–H groups in total. The highest BCUT2D eigenvalue weighted by Gasteiger charge is 2.24. The minimum absolute atomic E-state index is 0.218. The van der Waals surface area contributed by atoms with Gasteiger partial charge in [-0.1, -0.05) is 30.7 Å². The third-order valence-electron chi connectivity index (χ3n) is 5.02. The highest BCUT2D eigenvalue weighted by atomic mass is 16.1. The minimum atomic E-state index is -0.218. The Bertz CT molecular complexity index is 509. The van der Waals surface area contributed by atoms with Crippen molar-refractivity contribution in [1.82, 2.24) is 10.2 Å². The largest absolute Gasteiger partial charge is 0.369 e.